The molecule has 0 saturated carbocycles. The van der Waals surface area contributed by atoms with Crippen LogP contribution in [0.1, 0.15) is 21.7 Å². The molecule has 2 aromatic carbocycles. The normalized spacial score (nSPS) is 11.0. The number of fused-ring (bicyclic) bond motifs is 1. The van der Waals surface area contributed by atoms with Crippen LogP contribution in [0.25, 0.3) is 16.7 Å². The van der Waals surface area contributed by atoms with Crippen molar-refractivity contribution in [3.05, 3.63) is 83.9 Å². The Morgan fingerprint density at radius 2 is 1.89 bits per heavy atom. The van der Waals surface area contributed by atoms with Gasteiger partial charge in [-0.2, -0.15) is 0 Å². The zero-order valence-electron chi connectivity index (χ0n) is 14.7. The first-order chi connectivity index (χ1) is 13.1. The lowest BCUT2D eigenvalue weighted by Gasteiger charge is -2.09. The summed E-state index contributed by atoms with van der Waals surface area (Å²) in [5.41, 5.74) is 4.42. The molecule has 0 aliphatic carbocycles. The molecule has 0 amide bonds. The van der Waals surface area contributed by atoms with Gasteiger partial charge in [-0.15, -0.1) is 11.8 Å². The molecule has 1 N–H and O–H groups in total. The maximum absolute atomic E-state index is 11.3. The standard InChI is InChI=1S/C21H17N3O2S/c1-14-23-18-12-22-11-10-19(18)24(14)16-8-6-15(7-9-16)13-27-20-5-3-2-4-17(20)21(25)26/h2-12H,13H2,1H3,(H,25,26). The van der Waals surface area contributed by atoms with E-state index < -0.39 is 5.97 Å². The second-order valence-electron chi connectivity index (χ2n) is 6.12. The third-order valence-corrected chi connectivity index (χ3v) is 5.48. The molecule has 0 spiro atoms. The molecule has 0 unspecified atom stereocenters. The number of hydrogen-bond donors (Lipinski definition) is 1. The molecule has 0 aliphatic heterocycles. The summed E-state index contributed by atoms with van der Waals surface area (Å²) in [5, 5.41) is 9.29. The summed E-state index contributed by atoms with van der Waals surface area (Å²) in [4.78, 5) is 20.8. The Bertz CT molecular complexity index is 1120. The first-order valence-electron chi connectivity index (χ1n) is 8.47. The van der Waals surface area contributed by atoms with Crippen molar-refractivity contribution in [2.75, 3.05) is 0 Å². The van der Waals surface area contributed by atoms with E-state index in [2.05, 4.69) is 38.8 Å². The molecule has 5 nitrogen and oxygen atoms in total. The fraction of sp³-hybridized carbons (Fsp3) is 0.0952. The van der Waals surface area contributed by atoms with E-state index in [4.69, 9.17) is 0 Å². The van der Waals surface area contributed by atoms with Crippen LogP contribution in [0.5, 0.6) is 0 Å². The molecular weight excluding hydrogens is 358 g/mol. The van der Waals surface area contributed by atoms with Crippen molar-refractivity contribution in [1.82, 2.24) is 14.5 Å². The second kappa shape index (κ2) is 7.25. The molecular formula is C21H17N3O2S. The number of aromatic carboxylic acids is 1. The highest BCUT2D eigenvalue weighted by molar-refractivity contribution is 7.98. The van der Waals surface area contributed by atoms with Crippen molar-refractivity contribution in [2.45, 2.75) is 17.6 Å². The fourth-order valence-corrected chi connectivity index (χ4v) is 4.05. The second-order valence-corrected chi connectivity index (χ2v) is 7.13. The van der Waals surface area contributed by atoms with Crippen molar-refractivity contribution >= 4 is 28.8 Å². The van der Waals surface area contributed by atoms with E-state index in [-0.39, 0.29) is 0 Å². The highest BCUT2D eigenvalue weighted by Gasteiger charge is 2.11. The van der Waals surface area contributed by atoms with E-state index in [0.29, 0.717) is 11.3 Å². The maximum atomic E-state index is 11.3. The Morgan fingerprint density at radius 3 is 2.67 bits per heavy atom. The fourth-order valence-electron chi connectivity index (χ4n) is 3.05. The van der Waals surface area contributed by atoms with Crippen LogP contribution in [0.2, 0.25) is 0 Å². The molecule has 2 aromatic heterocycles. The van der Waals surface area contributed by atoms with Gasteiger partial charge in [-0.05, 0) is 42.8 Å². The van der Waals surface area contributed by atoms with Gasteiger partial charge < -0.3 is 5.11 Å². The lowest BCUT2D eigenvalue weighted by Crippen LogP contribution is -1.98. The largest absolute Gasteiger partial charge is 0.478 e. The molecule has 0 saturated heterocycles. The van der Waals surface area contributed by atoms with E-state index in [9.17, 15) is 9.90 Å². The van der Waals surface area contributed by atoms with Gasteiger partial charge >= 0.3 is 5.97 Å². The number of benzene rings is 2. The van der Waals surface area contributed by atoms with E-state index >= 15 is 0 Å². The molecule has 0 radical (unpaired) electrons. The van der Waals surface area contributed by atoms with Crippen molar-refractivity contribution in [3.8, 4) is 5.69 Å². The Balaban J connectivity index is 1.56. The average molecular weight is 375 g/mol. The van der Waals surface area contributed by atoms with Crippen LogP contribution in [-0.4, -0.2) is 25.6 Å². The number of carboxylic acid groups (broad SMARTS) is 1. The first kappa shape index (κ1) is 17.3. The summed E-state index contributed by atoms with van der Waals surface area (Å²) in [6.07, 6.45) is 3.54. The molecule has 6 heteroatoms. The predicted octanol–water partition coefficient (Wildman–Crippen LogP) is 4.72. The number of hydrogen-bond acceptors (Lipinski definition) is 4. The average Bonchev–Trinajstić information content (AvgIpc) is 3.02. The summed E-state index contributed by atoms with van der Waals surface area (Å²) in [7, 11) is 0. The smallest absolute Gasteiger partial charge is 0.336 e. The van der Waals surface area contributed by atoms with Crippen molar-refractivity contribution < 1.29 is 9.90 Å². The SMILES string of the molecule is Cc1nc2cnccc2n1-c1ccc(CSc2ccccc2C(=O)O)cc1. The quantitative estimate of drug-likeness (QED) is 0.511. The van der Waals surface area contributed by atoms with Gasteiger partial charge in [-0.3, -0.25) is 9.55 Å². The number of pyridine rings is 1. The summed E-state index contributed by atoms with van der Waals surface area (Å²) >= 11 is 1.53. The Hall–Kier alpha value is -3.12. The van der Waals surface area contributed by atoms with Gasteiger partial charge in [-0.25, -0.2) is 9.78 Å². The molecule has 2 heterocycles. The minimum Gasteiger partial charge on any atom is -0.478 e. The van der Waals surface area contributed by atoms with Crippen LogP contribution in [0, 0.1) is 6.92 Å². The number of carbonyl (C=O) groups is 1. The van der Waals surface area contributed by atoms with E-state index in [0.717, 1.165) is 33.0 Å². The summed E-state index contributed by atoms with van der Waals surface area (Å²) in [5.74, 6) is 0.721. The third kappa shape index (κ3) is 3.44. The number of aromatic nitrogens is 3. The van der Waals surface area contributed by atoms with Crippen LogP contribution >= 0.6 is 11.8 Å². The van der Waals surface area contributed by atoms with Crippen molar-refractivity contribution in [1.29, 1.82) is 0 Å². The zero-order valence-corrected chi connectivity index (χ0v) is 15.5. The van der Waals surface area contributed by atoms with Crippen LogP contribution < -0.4 is 0 Å². The summed E-state index contributed by atoms with van der Waals surface area (Å²) < 4.78 is 2.10. The minimum absolute atomic E-state index is 0.341. The number of imidazole rings is 1. The molecule has 0 aliphatic rings. The van der Waals surface area contributed by atoms with Crippen molar-refractivity contribution in [2.24, 2.45) is 0 Å². The predicted molar refractivity (Wildman–Crippen MR) is 107 cm³/mol. The van der Waals surface area contributed by atoms with Crippen LogP contribution in [0.3, 0.4) is 0 Å². The topological polar surface area (TPSA) is 68.0 Å². The molecule has 134 valence electrons. The number of thioether (sulfide) groups is 1. The molecule has 4 aromatic rings. The number of aryl methyl sites for hydroxylation is 1. The van der Waals surface area contributed by atoms with Crippen molar-refractivity contribution in [3.63, 3.8) is 0 Å². The molecule has 4 rings (SSSR count). The van der Waals surface area contributed by atoms with E-state index in [1.54, 1.807) is 24.5 Å². The summed E-state index contributed by atoms with van der Waals surface area (Å²) in [6.45, 7) is 1.98. The molecule has 0 bridgehead atoms. The van der Waals surface area contributed by atoms with Gasteiger partial charge in [0.1, 0.15) is 11.3 Å². The van der Waals surface area contributed by atoms with Gasteiger partial charge in [0.15, 0.2) is 0 Å². The highest BCUT2D eigenvalue weighted by Crippen LogP contribution is 2.27. The van der Waals surface area contributed by atoms with Gasteiger partial charge in [0, 0.05) is 22.5 Å². The van der Waals surface area contributed by atoms with E-state index in [1.165, 1.54) is 11.8 Å². The number of nitrogens with zero attached hydrogens (tertiary/aromatic N) is 3. The van der Waals surface area contributed by atoms with Gasteiger partial charge in [0.2, 0.25) is 0 Å². The number of rotatable bonds is 5. The van der Waals surface area contributed by atoms with Gasteiger partial charge in [0.05, 0.1) is 17.3 Å². The van der Waals surface area contributed by atoms with E-state index in [1.807, 2.05) is 25.1 Å². The van der Waals surface area contributed by atoms with Gasteiger partial charge in [-0.1, -0.05) is 24.3 Å². The monoisotopic (exact) mass is 375 g/mol. The number of carboxylic acids is 1. The zero-order chi connectivity index (χ0) is 18.8. The van der Waals surface area contributed by atoms with Crippen LogP contribution in [0.4, 0.5) is 0 Å². The lowest BCUT2D eigenvalue weighted by atomic mass is 10.2. The lowest BCUT2D eigenvalue weighted by molar-refractivity contribution is 0.0693. The van der Waals surface area contributed by atoms with Gasteiger partial charge in [0.25, 0.3) is 0 Å². The molecule has 0 atom stereocenters. The Kier molecular flexibility index (Phi) is 4.64. The molecule has 27 heavy (non-hydrogen) atoms. The minimum atomic E-state index is -0.898. The Labute approximate surface area is 160 Å². The highest BCUT2D eigenvalue weighted by atomic mass is 32.2. The van der Waals surface area contributed by atoms with Crippen LogP contribution in [0.15, 0.2) is 71.9 Å². The van der Waals surface area contributed by atoms with Crippen LogP contribution in [-0.2, 0) is 5.75 Å². The third-order valence-electron chi connectivity index (χ3n) is 4.33. The molecule has 0 fully saturated rings. The maximum Gasteiger partial charge on any atom is 0.336 e. The summed E-state index contributed by atoms with van der Waals surface area (Å²) in [6, 6.07) is 17.3. The first-order valence-corrected chi connectivity index (χ1v) is 9.45. The Morgan fingerprint density at radius 1 is 1.11 bits per heavy atom.